The molecule has 0 spiro atoms. The molecule has 3 rings (SSSR count). The fourth-order valence-electron chi connectivity index (χ4n) is 3.17. The van der Waals surface area contributed by atoms with Gasteiger partial charge in [-0.05, 0) is 48.8 Å². The summed E-state index contributed by atoms with van der Waals surface area (Å²) in [6.07, 6.45) is 7.47. The zero-order valence-corrected chi connectivity index (χ0v) is 13.5. The van der Waals surface area contributed by atoms with Crippen LogP contribution in [-0.4, -0.2) is 39.0 Å². The first kappa shape index (κ1) is 15.0. The number of phenols is 1. The summed E-state index contributed by atoms with van der Waals surface area (Å²) in [7, 11) is 1.84. The number of hydrogen-bond acceptors (Lipinski definition) is 3. The summed E-state index contributed by atoms with van der Waals surface area (Å²) in [6, 6.07) is 7.04. The molecular formula is C17H20N2O2S. The third-order valence-electron chi connectivity index (χ3n) is 4.43. The largest absolute Gasteiger partial charge is 0.508 e. The maximum absolute atomic E-state index is 12.8. The van der Waals surface area contributed by atoms with Crippen LogP contribution in [0.25, 0.3) is 6.08 Å². The smallest absolute Gasteiger partial charge is 0.277 e. The summed E-state index contributed by atoms with van der Waals surface area (Å²) in [5, 5.41) is 9.95. The number of likely N-dealkylation sites (N-methyl/N-ethyl adjacent to an activating group) is 1. The monoisotopic (exact) mass is 316 g/mol. The number of nitrogens with zero attached hydrogens (tertiary/aromatic N) is 2. The van der Waals surface area contributed by atoms with Crippen molar-refractivity contribution >= 4 is 29.3 Å². The lowest BCUT2D eigenvalue weighted by Gasteiger charge is -2.30. The molecule has 0 unspecified atom stereocenters. The van der Waals surface area contributed by atoms with E-state index in [4.69, 9.17) is 12.2 Å². The van der Waals surface area contributed by atoms with Crippen LogP contribution in [0.2, 0.25) is 0 Å². The molecule has 0 radical (unpaired) electrons. The average molecular weight is 316 g/mol. The van der Waals surface area contributed by atoms with Crippen LogP contribution < -0.4 is 0 Å². The van der Waals surface area contributed by atoms with E-state index in [1.165, 1.54) is 6.42 Å². The van der Waals surface area contributed by atoms with Crippen LogP contribution in [0.5, 0.6) is 5.75 Å². The van der Waals surface area contributed by atoms with Crippen LogP contribution in [0.1, 0.15) is 37.7 Å². The molecule has 2 aliphatic rings. The molecule has 4 nitrogen and oxygen atoms in total. The Morgan fingerprint density at radius 1 is 1.18 bits per heavy atom. The van der Waals surface area contributed by atoms with E-state index >= 15 is 0 Å². The second kappa shape index (κ2) is 6.08. The van der Waals surface area contributed by atoms with Crippen LogP contribution >= 0.6 is 12.2 Å². The molecule has 1 amide bonds. The van der Waals surface area contributed by atoms with Gasteiger partial charge in [0.15, 0.2) is 5.11 Å². The predicted octanol–water partition coefficient (Wildman–Crippen LogP) is 3.12. The number of benzene rings is 1. The van der Waals surface area contributed by atoms with Gasteiger partial charge in [-0.2, -0.15) is 0 Å². The first-order chi connectivity index (χ1) is 10.6. The van der Waals surface area contributed by atoms with E-state index in [2.05, 4.69) is 0 Å². The minimum atomic E-state index is -0.00697. The maximum atomic E-state index is 12.8. The number of thiocarbonyl (C=S) groups is 1. The SMILES string of the molecule is CN1C(=S)N(C2CCCCC2)C(=O)C1=Cc1ccc(O)cc1. The van der Waals surface area contributed by atoms with Gasteiger partial charge in [0.25, 0.3) is 5.91 Å². The maximum Gasteiger partial charge on any atom is 0.277 e. The van der Waals surface area contributed by atoms with Gasteiger partial charge in [-0.25, -0.2) is 0 Å². The van der Waals surface area contributed by atoms with Gasteiger partial charge in [0, 0.05) is 13.1 Å². The lowest BCUT2D eigenvalue weighted by Crippen LogP contribution is -2.41. The van der Waals surface area contributed by atoms with Crippen molar-refractivity contribution in [2.45, 2.75) is 38.1 Å². The highest BCUT2D eigenvalue weighted by atomic mass is 32.1. The molecular weight excluding hydrogens is 296 g/mol. The molecule has 0 atom stereocenters. The van der Waals surface area contributed by atoms with Gasteiger partial charge in [0.05, 0.1) is 0 Å². The molecule has 1 aliphatic heterocycles. The predicted molar refractivity (Wildman–Crippen MR) is 90.2 cm³/mol. The summed E-state index contributed by atoms with van der Waals surface area (Å²) < 4.78 is 0. The summed E-state index contributed by atoms with van der Waals surface area (Å²) in [4.78, 5) is 16.4. The van der Waals surface area contributed by atoms with Crippen molar-refractivity contribution in [1.82, 2.24) is 9.80 Å². The van der Waals surface area contributed by atoms with Crippen molar-refractivity contribution in [3.05, 3.63) is 35.5 Å². The van der Waals surface area contributed by atoms with Crippen LogP contribution in [0.3, 0.4) is 0 Å². The lowest BCUT2D eigenvalue weighted by molar-refractivity contribution is -0.124. The highest BCUT2D eigenvalue weighted by Crippen LogP contribution is 2.30. The van der Waals surface area contributed by atoms with Gasteiger partial charge in [0.2, 0.25) is 0 Å². The molecule has 0 aromatic heterocycles. The van der Waals surface area contributed by atoms with Gasteiger partial charge < -0.3 is 10.0 Å². The van der Waals surface area contributed by atoms with E-state index < -0.39 is 0 Å². The zero-order valence-electron chi connectivity index (χ0n) is 12.7. The van der Waals surface area contributed by atoms with E-state index in [1.54, 1.807) is 34.1 Å². The normalized spacial score (nSPS) is 22.0. The topological polar surface area (TPSA) is 43.8 Å². The molecule has 1 saturated carbocycles. The Hall–Kier alpha value is -1.88. The Balaban J connectivity index is 1.87. The van der Waals surface area contributed by atoms with Gasteiger partial charge in [-0.15, -0.1) is 0 Å². The van der Waals surface area contributed by atoms with Gasteiger partial charge >= 0.3 is 0 Å². The number of amides is 1. The molecule has 5 heteroatoms. The highest BCUT2D eigenvalue weighted by Gasteiger charge is 2.40. The van der Waals surface area contributed by atoms with Crippen molar-refractivity contribution in [3.8, 4) is 5.75 Å². The zero-order chi connectivity index (χ0) is 15.7. The van der Waals surface area contributed by atoms with E-state index in [-0.39, 0.29) is 17.7 Å². The number of carbonyl (C=O) groups excluding carboxylic acids is 1. The number of hydrogen-bond donors (Lipinski definition) is 1. The average Bonchev–Trinajstić information content (AvgIpc) is 2.74. The molecule has 116 valence electrons. The van der Waals surface area contributed by atoms with Gasteiger partial charge in [-0.1, -0.05) is 31.4 Å². The lowest BCUT2D eigenvalue weighted by atomic mass is 9.94. The van der Waals surface area contributed by atoms with Gasteiger partial charge in [-0.3, -0.25) is 9.69 Å². The molecule has 1 heterocycles. The van der Waals surface area contributed by atoms with E-state index in [1.807, 2.05) is 13.1 Å². The summed E-state index contributed by atoms with van der Waals surface area (Å²) in [6.45, 7) is 0. The minimum absolute atomic E-state index is 0.00697. The number of carbonyl (C=O) groups is 1. The number of phenolic OH excluding ortho intramolecular Hbond substituents is 1. The van der Waals surface area contributed by atoms with Crippen molar-refractivity contribution in [2.75, 3.05) is 7.05 Å². The fourth-order valence-corrected chi connectivity index (χ4v) is 3.50. The molecule has 1 aromatic carbocycles. The molecule has 22 heavy (non-hydrogen) atoms. The molecule has 1 saturated heterocycles. The first-order valence-corrected chi connectivity index (χ1v) is 8.11. The molecule has 0 bridgehead atoms. The van der Waals surface area contributed by atoms with Crippen molar-refractivity contribution < 1.29 is 9.90 Å². The third-order valence-corrected chi connectivity index (χ3v) is 4.90. The summed E-state index contributed by atoms with van der Waals surface area (Å²) >= 11 is 5.49. The highest BCUT2D eigenvalue weighted by molar-refractivity contribution is 7.80. The second-order valence-corrected chi connectivity index (χ2v) is 6.29. The third kappa shape index (κ3) is 2.73. The van der Waals surface area contributed by atoms with E-state index in [0.29, 0.717) is 10.8 Å². The summed E-state index contributed by atoms with van der Waals surface area (Å²) in [5.74, 6) is 0.208. The van der Waals surface area contributed by atoms with Crippen LogP contribution in [0.15, 0.2) is 30.0 Å². The Bertz CT molecular complexity index is 618. The van der Waals surface area contributed by atoms with Crippen molar-refractivity contribution in [1.29, 1.82) is 0 Å². The minimum Gasteiger partial charge on any atom is -0.508 e. The first-order valence-electron chi connectivity index (χ1n) is 7.70. The Kier molecular flexibility index (Phi) is 4.16. The number of aromatic hydroxyl groups is 1. The second-order valence-electron chi connectivity index (χ2n) is 5.93. The fraction of sp³-hybridized carbons (Fsp3) is 0.412. The van der Waals surface area contributed by atoms with Crippen molar-refractivity contribution in [3.63, 3.8) is 0 Å². The van der Waals surface area contributed by atoms with Crippen molar-refractivity contribution in [2.24, 2.45) is 0 Å². The number of rotatable bonds is 2. The Labute approximate surface area is 136 Å². The quantitative estimate of drug-likeness (QED) is 0.672. The Morgan fingerprint density at radius 2 is 1.82 bits per heavy atom. The van der Waals surface area contributed by atoms with Crippen LogP contribution in [-0.2, 0) is 4.79 Å². The summed E-state index contributed by atoms with van der Waals surface area (Å²) in [5.41, 5.74) is 1.47. The van der Waals surface area contributed by atoms with E-state index in [0.717, 1.165) is 31.2 Å². The van der Waals surface area contributed by atoms with Gasteiger partial charge in [0.1, 0.15) is 11.4 Å². The molecule has 1 aliphatic carbocycles. The molecule has 2 fully saturated rings. The van der Waals surface area contributed by atoms with E-state index in [9.17, 15) is 9.90 Å². The Morgan fingerprint density at radius 3 is 2.45 bits per heavy atom. The standard InChI is InChI=1S/C17H20N2O2S/c1-18-15(11-12-7-9-14(20)10-8-12)16(21)19(17(18)22)13-5-3-2-4-6-13/h7-11,13,20H,2-6H2,1H3. The van der Waals surface area contributed by atoms with Crippen LogP contribution in [0, 0.1) is 0 Å². The van der Waals surface area contributed by atoms with Crippen LogP contribution in [0.4, 0.5) is 0 Å². The molecule has 1 aromatic rings. The molecule has 1 N–H and O–H groups in total.